The van der Waals surface area contributed by atoms with Gasteiger partial charge in [-0.1, -0.05) is 69.3 Å². The fraction of sp³-hybridized carbons (Fsp3) is 0. The highest BCUT2D eigenvalue weighted by Gasteiger charge is 2.31. The average Bonchev–Trinajstić information content (AvgIpc) is 2.97. The van der Waals surface area contributed by atoms with Crippen molar-refractivity contribution in [2.24, 2.45) is 0 Å². The molecule has 1 aliphatic rings. The summed E-state index contributed by atoms with van der Waals surface area (Å²) in [5, 5.41) is 3.56. The van der Waals surface area contributed by atoms with E-state index in [9.17, 15) is 4.79 Å². The number of carbonyl (C=O) groups excluding carboxylic acids is 1. The van der Waals surface area contributed by atoms with E-state index >= 15 is 0 Å². The molecule has 0 N–H and O–H groups in total. The molecule has 0 fully saturated rings. The predicted octanol–water partition coefficient (Wildman–Crippen LogP) is 2.44. The lowest BCUT2D eigenvalue weighted by atomic mass is 9.32. The monoisotopic (exact) mass is 378 g/mol. The minimum atomic E-state index is -0.289. The molecule has 0 bridgehead atoms. The van der Waals surface area contributed by atoms with E-state index in [0.29, 0.717) is 10.0 Å². The topological polar surface area (TPSA) is 17.1 Å². The molecule has 4 aromatic rings. The fourth-order valence-corrected chi connectivity index (χ4v) is 5.33. The van der Waals surface area contributed by atoms with E-state index in [1.165, 1.54) is 25.6 Å². The van der Waals surface area contributed by atoms with E-state index in [1.807, 2.05) is 12.1 Å². The minimum absolute atomic E-state index is 0.289. The van der Waals surface area contributed by atoms with Gasteiger partial charge in [0.2, 0.25) is 0 Å². The third-order valence-electron chi connectivity index (χ3n) is 5.01. The summed E-state index contributed by atoms with van der Waals surface area (Å²) in [5.74, 6) is 0. The van der Waals surface area contributed by atoms with Crippen LogP contribution in [-0.2, 0) is 4.79 Å². The van der Waals surface area contributed by atoms with Gasteiger partial charge in [-0.25, -0.2) is 0 Å². The van der Waals surface area contributed by atoms with E-state index in [1.54, 1.807) is 11.3 Å². The predicted molar refractivity (Wildman–Crippen MR) is 114 cm³/mol. The van der Waals surface area contributed by atoms with Crippen molar-refractivity contribution in [3.8, 4) is 0 Å². The number of hydrogen-bond donors (Lipinski definition) is 0. The minimum Gasteiger partial charge on any atom is -0.314 e. The largest absolute Gasteiger partial charge is 0.314 e. The molecule has 0 radical (unpaired) electrons. The van der Waals surface area contributed by atoms with Crippen LogP contribution in [0.5, 0.6) is 0 Å². The van der Waals surface area contributed by atoms with Crippen molar-refractivity contribution in [2.45, 2.75) is 0 Å². The third kappa shape index (κ3) is 2.28. The summed E-state index contributed by atoms with van der Waals surface area (Å²) in [4.78, 5) is 11.9. The smallest absolute Gasteiger partial charge is 0.282 e. The maximum atomic E-state index is 11.9. The number of hydrogen-bond acceptors (Lipinski definition) is 2. The summed E-state index contributed by atoms with van der Waals surface area (Å²) in [6, 6.07) is 16.6. The number of halogens is 2. The third-order valence-corrected chi connectivity index (χ3v) is 6.86. The molecule has 0 aliphatic carbocycles. The summed E-state index contributed by atoms with van der Waals surface area (Å²) >= 11 is 14.2. The normalized spacial score (nSPS) is 12.8. The van der Waals surface area contributed by atoms with Gasteiger partial charge < -0.3 is 4.79 Å². The highest BCUT2D eigenvalue weighted by Crippen LogP contribution is 2.32. The van der Waals surface area contributed by atoms with Crippen molar-refractivity contribution >= 4 is 96.7 Å². The van der Waals surface area contributed by atoms with Crippen LogP contribution >= 0.6 is 34.5 Å². The van der Waals surface area contributed by atoms with Crippen LogP contribution in [0.2, 0.25) is 10.0 Å². The summed E-state index contributed by atoms with van der Waals surface area (Å²) in [6.07, 6.45) is 1.01. The zero-order valence-electron chi connectivity index (χ0n) is 13.1. The first-order valence-corrected chi connectivity index (χ1v) is 9.60. The Balaban J connectivity index is 1.80. The van der Waals surface area contributed by atoms with Gasteiger partial charge in [0.25, 0.3) is 6.71 Å². The second kappa shape index (κ2) is 5.63. The maximum absolute atomic E-state index is 11.9. The molecule has 1 aromatic heterocycles. The Morgan fingerprint density at radius 3 is 2.44 bits per heavy atom. The Morgan fingerprint density at radius 1 is 0.880 bits per heavy atom. The summed E-state index contributed by atoms with van der Waals surface area (Å²) in [5.41, 5.74) is 4.33. The van der Waals surface area contributed by atoms with Crippen LogP contribution in [-0.4, -0.2) is 20.2 Å². The number of benzene rings is 3. The van der Waals surface area contributed by atoms with Crippen molar-refractivity contribution < 1.29 is 4.79 Å². The van der Waals surface area contributed by atoms with E-state index in [0.717, 1.165) is 29.9 Å². The molecule has 25 heavy (non-hydrogen) atoms. The average molecular weight is 379 g/mol. The van der Waals surface area contributed by atoms with E-state index in [2.05, 4.69) is 36.4 Å². The molecular weight excluding hydrogens is 369 g/mol. The summed E-state index contributed by atoms with van der Waals surface area (Å²) in [7, 11) is 0.770. The van der Waals surface area contributed by atoms with Crippen molar-refractivity contribution in [3.63, 3.8) is 0 Å². The van der Waals surface area contributed by atoms with Crippen LogP contribution in [0, 0.1) is 0 Å². The first-order valence-electron chi connectivity index (χ1n) is 8.03. The molecule has 3 aromatic carbocycles. The van der Waals surface area contributed by atoms with E-state index in [-0.39, 0.29) is 6.71 Å². The SMILES string of the molecule is O=CB1c2cc(Cl)c(Cl)cc2Bc2cc3c(cc21)sc1ccccc13. The van der Waals surface area contributed by atoms with Gasteiger partial charge in [-0.2, -0.15) is 0 Å². The Hall–Kier alpha value is -1.74. The maximum Gasteiger partial charge on any atom is 0.282 e. The van der Waals surface area contributed by atoms with Crippen molar-refractivity contribution in [2.75, 3.05) is 0 Å². The molecule has 6 heteroatoms. The molecule has 0 unspecified atom stereocenters. The van der Waals surface area contributed by atoms with Gasteiger partial charge in [0.05, 0.1) is 16.2 Å². The lowest BCUT2D eigenvalue weighted by Crippen LogP contribution is -2.64. The molecule has 0 saturated heterocycles. The summed E-state index contributed by atoms with van der Waals surface area (Å²) in [6.45, 7) is -0.289. The van der Waals surface area contributed by atoms with Crippen LogP contribution in [0.3, 0.4) is 0 Å². The van der Waals surface area contributed by atoms with Gasteiger partial charge in [0.15, 0.2) is 7.28 Å². The first-order chi connectivity index (χ1) is 12.2. The fourth-order valence-electron chi connectivity index (χ4n) is 3.84. The second-order valence-corrected chi connectivity index (χ2v) is 8.30. The molecular formula is C19H10B2Cl2OS. The van der Waals surface area contributed by atoms with Gasteiger partial charge in [0, 0.05) is 14.8 Å². The number of carbonyl (C=O) groups is 1. The Bertz CT molecular complexity index is 1190. The highest BCUT2D eigenvalue weighted by molar-refractivity contribution is 7.26. The molecule has 2 heterocycles. The Labute approximate surface area is 159 Å². The van der Waals surface area contributed by atoms with Gasteiger partial charge in [-0.3, -0.25) is 0 Å². The van der Waals surface area contributed by atoms with Gasteiger partial charge in [-0.15, -0.1) is 11.3 Å². The number of thiophene rings is 1. The number of fused-ring (bicyclic) bond motifs is 5. The van der Waals surface area contributed by atoms with Crippen LogP contribution in [0.1, 0.15) is 0 Å². The Morgan fingerprint density at radius 2 is 1.60 bits per heavy atom. The molecule has 1 aliphatic heterocycles. The second-order valence-electron chi connectivity index (χ2n) is 6.40. The number of rotatable bonds is 1. The van der Waals surface area contributed by atoms with Gasteiger partial charge in [0.1, 0.15) is 0 Å². The molecule has 0 atom stereocenters. The van der Waals surface area contributed by atoms with Crippen LogP contribution in [0.15, 0.2) is 48.5 Å². The first kappa shape index (κ1) is 15.5. The summed E-state index contributed by atoms with van der Waals surface area (Å²) < 4.78 is 2.49. The lowest BCUT2D eigenvalue weighted by molar-refractivity contribution is 0.568. The van der Waals surface area contributed by atoms with E-state index < -0.39 is 0 Å². The van der Waals surface area contributed by atoms with Crippen LogP contribution in [0.4, 0.5) is 0 Å². The zero-order chi connectivity index (χ0) is 17.1. The molecule has 0 spiro atoms. The molecule has 0 amide bonds. The molecule has 118 valence electrons. The Kier molecular flexibility index (Phi) is 3.50. The molecule has 1 nitrogen and oxygen atoms in total. The van der Waals surface area contributed by atoms with Crippen molar-refractivity contribution in [1.82, 2.24) is 0 Å². The van der Waals surface area contributed by atoms with Crippen LogP contribution in [0.25, 0.3) is 20.2 Å². The molecule has 5 rings (SSSR count). The zero-order valence-corrected chi connectivity index (χ0v) is 15.4. The van der Waals surface area contributed by atoms with Crippen LogP contribution < -0.4 is 21.9 Å². The van der Waals surface area contributed by atoms with Gasteiger partial charge >= 0.3 is 0 Å². The highest BCUT2D eigenvalue weighted by atomic mass is 35.5. The quantitative estimate of drug-likeness (QED) is 0.367. The van der Waals surface area contributed by atoms with Gasteiger partial charge in [-0.05, 0) is 29.7 Å². The standard InChI is InChI=1S/C19H10B2Cl2OS/c22-16-6-13-14(7-17(16)23)21(9-24)15-8-19-11(5-12(15)20-13)10-3-1-2-4-18(10)25-19/h1-9,20H. The molecule has 0 saturated carbocycles. The van der Waals surface area contributed by atoms with Crippen molar-refractivity contribution in [1.29, 1.82) is 0 Å². The lowest BCUT2D eigenvalue weighted by Gasteiger charge is -2.23. The van der Waals surface area contributed by atoms with E-state index in [4.69, 9.17) is 23.2 Å². The van der Waals surface area contributed by atoms with Crippen molar-refractivity contribution in [3.05, 3.63) is 58.6 Å².